The Labute approximate surface area is 169 Å². The van der Waals surface area contributed by atoms with Gasteiger partial charge in [-0.3, -0.25) is 9.98 Å². The summed E-state index contributed by atoms with van der Waals surface area (Å²) < 4.78 is 50.9. The van der Waals surface area contributed by atoms with Crippen LogP contribution in [-0.2, 0) is 0 Å². The van der Waals surface area contributed by atoms with Gasteiger partial charge in [0.1, 0.15) is 29.2 Å². The van der Waals surface area contributed by atoms with Gasteiger partial charge in [-0.25, -0.2) is 0 Å². The number of rotatable bonds is 3. The summed E-state index contributed by atoms with van der Waals surface area (Å²) in [7, 11) is 0. The first-order valence-corrected chi connectivity index (χ1v) is 9.67. The molecule has 1 saturated carbocycles. The fourth-order valence-corrected chi connectivity index (χ4v) is 4.43. The highest BCUT2D eigenvalue weighted by molar-refractivity contribution is 5.93. The second-order valence-electron chi connectivity index (χ2n) is 7.77. The van der Waals surface area contributed by atoms with E-state index in [1.807, 2.05) is 18.2 Å². The number of hydrogen-bond donors (Lipinski definition) is 1. The third-order valence-electron chi connectivity index (χ3n) is 5.89. The number of ether oxygens (including phenoxy) is 2. The number of amidine groups is 1. The van der Waals surface area contributed by atoms with Gasteiger partial charge in [0.05, 0.1) is 23.6 Å². The summed E-state index contributed by atoms with van der Waals surface area (Å²) in [4.78, 5) is 8.60. The maximum absolute atomic E-state index is 13.0. The van der Waals surface area contributed by atoms with Gasteiger partial charge in [-0.05, 0) is 36.4 Å². The van der Waals surface area contributed by atoms with Crippen LogP contribution in [0.3, 0.4) is 0 Å². The predicted octanol–water partition coefficient (Wildman–Crippen LogP) is 4.15. The molecule has 4 aliphatic rings. The molecule has 0 saturated heterocycles. The van der Waals surface area contributed by atoms with Crippen molar-refractivity contribution in [1.29, 1.82) is 0 Å². The molecule has 1 aromatic carbocycles. The number of aliphatic imine (C=N–C) groups is 1. The van der Waals surface area contributed by atoms with E-state index in [-0.39, 0.29) is 24.0 Å². The van der Waals surface area contributed by atoms with Gasteiger partial charge in [-0.2, -0.15) is 13.2 Å². The molecule has 0 bridgehead atoms. The first-order chi connectivity index (χ1) is 14.5. The van der Waals surface area contributed by atoms with Crippen LogP contribution in [0.25, 0.3) is 0 Å². The third-order valence-corrected chi connectivity index (χ3v) is 5.89. The molecular formula is C22H16F3N3O2. The minimum Gasteiger partial charge on any atom is -0.489 e. The second kappa shape index (κ2) is 6.10. The van der Waals surface area contributed by atoms with Crippen molar-refractivity contribution in [3.05, 3.63) is 72.1 Å². The van der Waals surface area contributed by atoms with Crippen LogP contribution < -0.4 is 14.8 Å². The lowest BCUT2D eigenvalue weighted by Crippen LogP contribution is -2.36. The summed E-state index contributed by atoms with van der Waals surface area (Å²) >= 11 is 0. The van der Waals surface area contributed by atoms with E-state index in [0.717, 1.165) is 23.2 Å². The highest BCUT2D eigenvalue weighted by Crippen LogP contribution is 2.59. The molecule has 5 unspecified atom stereocenters. The number of allylic oxidation sites excluding steroid dienone is 2. The summed E-state index contributed by atoms with van der Waals surface area (Å²) in [5, 5.41) is 3.17. The normalized spacial score (nSPS) is 30.3. The molecule has 1 aromatic heterocycles. The van der Waals surface area contributed by atoms with Gasteiger partial charge in [0.2, 0.25) is 0 Å². The number of benzene rings is 1. The van der Waals surface area contributed by atoms with Gasteiger partial charge in [0, 0.05) is 23.9 Å². The largest absolute Gasteiger partial charge is 0.489 e. The third kappa shape index (κ3) is 2.78. The lowest BCUT2D eigenvalue weighted by Gasteiger charge is -2.19. The monoisotopic (exact) mass is 411 g/mol. The number of nitrogens with zero attached hydrogens (tertiary/aromatic N) is 2. The number of hydrogen-bond acceptors (Lipinski definition) is 5. The van der Waals surface area contributed by atoms with E-state index in [4.69, 9.17) is 9.47 Å². The molecule has 2 aliphatic heterocycles. The molecule has 0 radical (unpaired) electrons. The Balaban J connectivity index is 1.20. The van der Waals surface area contributed by atoms with Crippen LogP contribution in [0.2, 0.25) is 0 Å². The molecular weight excluding hydrogens is 395 g/mol. The van der Waals surface area contributed by atoms with Crippen molar-refractivity contribution < 1.29 is 22.6 Å². The number of alkyl halides is 3. The van der Waals surface area contributed by atoms with Crippen molar-refractivity contribution in [2.24, 2.45) is 10.9 Å². The highest BCUT2D eigenvalue weighted by atomic mass is 19.4. The van der Waals surface area contributed by atoms with Gasteiger partial charge < -0.3 is 14.8 Å². The Morgan fingerprint density at radius 3 is 2.67 bits per heavy atom. The fourth-order valence-electron chi connectivity index (χ4n) is 4.43. The first kappa shape index (κ1) is 17.6. The van der Waals surface area contributed by atoms with E-state index in [1.54, 1.807) is 24.5 Å². The number of fused-ring (bicyclic) bond motifs is 4. The molecule has 1 N–H and O–H groups in total. The Morgan fingerprint density at radius 2 is 1.87 bits per heavy atom. The van der Waals surface area contributed by atoms with Crippen LogP contribution in [0, 0.1) is 5.92 Å². The zero-order valence-electron chi connectivity index (χ0n) is 15.5. The van der Waals surface area contributed by atoms with Gasteiger partial charge in [-0.15, -0.1) is 0 Å². The maximum atomic E-state index is 13.0. The molecule has 3 heterocycles. The zero-order chi connectivity index (χ0) is 20.5. The van der Waals surface area contributed by atoms with Crippen LogP contribution in [0.15, 0.2) is 71.5 Å². The van der Waals surface area contributed by atoms with Gasteiger partial charge in [0.25, 0.3) is 0 Å². The minimum atomic E-state index is -4.35. The van der Waals surface area contributed by atoms with Crippen molar-refractivity contribution in [1.82, 2.24) is 10.3 Å². The van der Waals surface area contributed by atoms with Gasteiger partial charge in [-0.1, -0.05) is 12.2 Å². The molecule has 5 nitrogen and oxygen atoms in total. The molecule has 2 aliphatic carbocycles. The van der Waals surface area contributed by atoms with Crippen molar-refractivity contribution in [2.75, 3.05) is 0 Å². The van der Waals surface area contributed by atoms with E-state index >= 15 is 0 Å². The van der Waals surface area contributed by atoms with E-state index in [2.05, 4.69) is 15.3 Å². The Hall–Kier alpha value is -3.29. The smallest absolute Gasteiger partial charge is 0.416 e. The minimum absolute atomic E-state index is 0.0235. The van der Waals surface area contributed by atoms with Crippen LogP contribution in [0.1, 0.15) is 11.5 Å². The Bertz CT molecular complexity index is 1110. The summed E-state index contributed by atoms with van der Waals surface area (Å²) in [6.07, 6.45) is 2.77. The van der Waals surface area contributed by atoms with Crippen LogP contribution >= 0.6 is 0 Å². The van der Waals surface area contributed by atoms with Crippen molar-refractivity contribution in [3.8, 4) is 17.2 Å². The van der Waals surface area contributed by atoms with Crippen molar-refractivity contribution >= 4 is 5.84 Å². The maximum Gasteiger partial charge on any atom is 0.416 e. The summed E-state index contributed by atoms with van der Waals surface area (Å²) in [5.41, 5.74) is 0.404. The topological polar surface area (TPSA) is 55.7 Å². The molecule has 8 heteroatoms. The zero-order valence-corrected chi connectivity index (χ0v) is 15.5. The molecule has 2 aromatic rings. The summed E-state index contributed by atoms with van der Waals surface area (Å²) in [6, 6.07) is 8.48. The van der Waals surface area contributed by atoms with E-state index in [9.17, 15) is 13.2 Å². The molecule has 1 fully saturated rings. The van der Waals surface area contributed by atoms with E-state index < -0.39 is 17.8 Å². The fraction of sp³-hybridized carbons (Fsp3) is 0.273. The van der Waals surface area contributed by atoms with Gasteiger partial charge in [0.15, 0.2) is 0 Å². The molecule has 0 spiro atoms. The average Bonchev–Trinajstić information content (AvgIpc) is 3.08. The molecule has 30 heavy (non-hydrogen) atoms. The summed E-state index contributed by atoms with van der Waals surface area (Å²) in [5.74, 6) is 3.08. The number of aromatic nitrogens is 1. The first-order valence-electron chi connectivity index (χ1n) is 9.67. The standard InChI is InChI=1S/C22H16F3N3O2/c23-22(24,25)11-1-3-15-16(9-11)28-21(27-15)19-18-14-10-13(2-4-17(14)30-20(18)19)29-12-5-7-26-8-6-12/h1-10,15-16,18-20H,(H,27,28). The van der Waals surface area contributed by atoms with E-state index in [0.29, 0.717) is 11.5 Å². The van der Waals surface area contributed by atoms with Crippen molar-refractivity contribution in [3.63, 3.8) is 0 Å². The Morgan fingerprint density at radius 1 is 1.03 bits per heavy atom. The quantitative estimate of drug-likeness (QED) is 0.825. The van der Waals surface area contributed by atoms with Crippen LogP contribution in [-0.4, -0.2) is 35.2 Å². The van der Waals surface area contributed by atoms with E-state index in [1.165, 1.54) is 12.2 Å². The van der Waals surface area contributed by atoms with Crippen LogP contribution in [0.5, 0.6) is 17.2 Å². The van der Waals surface area contributed by atoms with Gasteiger partial charge >= 0.3 is 6.18 Å². The Kier molecular flexibility index (Phi) is 3.57. The molecule has 6 rings (SSSR count). The summed E-state index contributed by atoms with van der Waals surface area (Å²) in [6.45, 7) is 0. The highest BCUT2D eigenvalue weighted by Gasteiger charge is 2.62. The molecule has 152 valence electrons. The predicted molar refractivity (Wildman–Crippen MR) is 103 cm³/mol. The van der Waals surface area contributed by atoms with Crippen molar-refractivity contribution in [2.45, 2.75) is 30.3 Å². The lowest BCUT2D eigenvalue weighted by atomic mass is 9.99. The molecule has 0 amide bonds. The number of nitrogens with one attached hydrogen (secondary N) is 1. The second-order valence-corrected chi connectivity index (χ2v) is 7.77. The number of pyridine rings is 1. The van der Waals surface area contributed by atoms with Crippen LogP contribution in [0.4, 0.5) is 13.2 Å². The molecule has 5 atom stereocenters. The number of halogens is 3. The average molecular weight is 411 g/mol. The SMILES string of the molecule is FC(F)(F)C1=CC2NC(C3C4Oc5ccc(Oc6ccncc6)cc5C43)=NC2C=C1. The lowest BCUT2D eigenvalue weighted by molar-refractivity contribution is -0.0887.